The van der Waals surface area contributed by atoms with Crippen molar-refractivity contribution < 1.29 is 13.2 Å². The van der Waals surface area contributed by atoms with Crippen LogP contribution in [0.25, 0.3) is 0 Å². The Morgan fingerprint density at radius 3 is 2.19 bits per heavy atom. The van der Waals surface area contributed by atoms with Crippen LogP contribution in [0.5, 0.6) is 0 Å². The summed E-state index contributed by atoms with van der Waals surface area (Å²) < 4.78 is 30.0. The minimum Gasteiger partial charge on any atom is -0.340 e. The lowest BCUT2D eigenvalue weighted by Gasteiger charge is -2.33. The van der Waals surface area contributed by atoms with Crippen molar-refractivity contribution >= 4 is 15.9 Å². The first kappa shape index (κ1) is 19.4. The van der Waals surface area contributed by atoms with E-state index in [0.29, 0.717) is 42.8 Å². The molecule has 0 radical (unpaired) electrons. The molecule has 1 aliphatic heterocycles. The van der Waals surface area contributed by atoms with Crippen molar-refractivity contribution in [1.82, 2.24) is 19.0 Å². The first-order valence-corrected chi connectivity index (χ1v) is 10.9. The Morgan fingerprint density at radius 1 is 1.12 bits per heavy atom. The Labute approximate surface area is 156 Å². The molecule has 3 rings (SSSR count). The molecule has 146 valence electrons. The Hall–Kier alpha value is -1.41. The van der Waals surface area contributed by atoms with Crippen molar-refractivity contribution in [2.75, 3.05) is 26.2 Å². The highest BCUT2D eigenvalue weighted by molar-refractivity contribution is 7.89. The standard InChI is InChI=1S/C18H30N4O3S/c1-14(23)20-9-11-21(12-10-20)26(24,25)16-13-22(15-7-5-6-8-15)19-17(16)18(2,3)4/h13,15H,5-12H2,1-4H3. The van der Waals surface area contributed by atoms with Gasteiger partial charge in [-0.2, -0.15) is 9.40 Å². The maximum absolute atomic E-state index is 13.3. The fourth-order valence-electron chi connectivity index (χ4n) is 3.82. The average molecular weight is 383 g/mol. The maximum atomic E-state index is 13.3. The van der Waals surface area contributed by atoms with Crippen LogP contribution >= 0.6 is 0 Å². The number of carbonyl (C=O) groups is 1. The summed E-state index contributed by atoms with van der Waals surface area (Å²) in [5.41, 5.74) is 0.284. The minimum atomic E-state index is -3.62. The summed E-state index contributed by atoms with van der Waals surface area (Å²) in [6.07, 6.45) is 6.20. The topological polar surface area (TPSA) is 75.5 Å². The molecule has 1 aromatic rings. The molecule has 2 heterocycles. The molecule has 0 aromatic carbocycles. The quantitative estimate of drug-likeness (QED) is 0.803. The summed E-state index contributed by atoms with van der Waals surface area (Å²) in [5.74, 6) is -0.00789. The second-order valence-corrected chi connectivity index (χ2v) is 10.3. The zero-order valence-corrected chi connectivity index (χ0v) is 17.0. The van der Waals surface area contributed by atoms with E-state index in [1.807, 2.05) is 25.5 Å². The SMILES string of the molecule is CC(=O)N1CCN(S(=O)(=O)c2cn(C3CCCC3)nc2C(C)(C)C)CC1. The first-order valence-electron chi connectivity index (χ1n) is 9.46. The van der Waals surface area contributed by atoms with Crippen molar-refractivity contribution in [2.45, 2.75) is 69.7 Å². The Morgan fingerprint density at radius 2 is 1.69 bits per heavy atom. The molecule has 26 heavy (non-hydrogen) atoms. The van der Waals surface area contributed by atoms with Crippen LogP contribution in [0.2, 0.25) is 0 Å². The molecule has 1 saturated carbocycles. The Kier molecular flexibility index (Phi) is 5.18. The lowest BCUT2D eigenvalue weighted by molar-refractivity contribution is -0.129. The number of amides is 1. The molecule has 1 saturated heterocycles. The molecule has 1 aliphatic carbocycles. The summed E-state index contributed by atoms with van der Waals surface area (Å²) in [6, 6.07) is 0.301. The summed E-state index contributed by atoms with van der Waals surface area (Å²) in [5, 5.41) is 4.71. The number of sulfonamides is 1. The molecule has 2 aliphatic rings. The second-order valence-electron chi connectivity index (χ2n) is 8.42. The first-order chi connectivity index (χ1) is 12.1. The lowest BCUT2D eigenvalue weighted by atomic mass is 9.92. The normalized spacial score (nSPS) is 20.7. The summed E-state index contributed by atoms with van der Waals surface area (Å²) in [4.78, 5) is 13.5. The Balaban J connectivity index is 1.92. The predicted octanol–water partition coefficient (Wildman–Crippen LogP) is 2.15. The summed E-state index contributed by atoms with van der Waals surface area (Å²) in [6.45, 7) is 9.07. The van der Waals surface area contributed by atoms with Crippen molar-refractivity contribution in [3.8, 4) is 0 Å². The average Bonchev–Trinajstić information content (AvgIpc) is 3.23. The third-order valence-corrected chi connectivity index (χ3v) is 7.31. The molecule has 1 aromatic heterocycles. The van der Waals surface area contributed by atoms with Crippen LogP contribution in [0.1, 0.15) is 65.1 Å². The Bertz CT molecular complexity index is 765. The van der Waals surface area contributed by atoms with Crippen LogP contribution in [-0.4, -0.2) is 59.5 Å². The number of piperazine rings is 1. The molecule has 0 spiro atoms. The van der Waals surface area contributed by atoms with Gasteiger partial charge in [0.05, 0.1) is 11.7 Å². The van der Waals surface area contributed by atoms with Crippen LogP contribution < -0.4 is 0 Å². The fraction of sp³-hybridized carbons (Fsp3) is 0.778. The third-order valence-electron chi connectivity index (χ3n) is 5.41. The van der Waals surface area contributed by atoms with Gasteiger partial charge >= 0.3 is 0 Å². The van der Waals surface area contributed by atoms with Crippen molar-refractivity contribution in [3.05, 3.63) is 11.9 Å². The van der Waals surface area contributed by atoms with Gasteiger partial charge in [-0.3, -0.25) is 9.48 Å². The third kappa shape index (κ3) is 3.67. The number of hydrogen-bond acceptors (Lipinski definition) is 4. The molecule has 8 heteroatoms. The van der Waals surface area contributed by atoms with E-state index >= 15 is 0 Å². The van der Waals surface area contributed by atoms with Gasteiger partial charge in [0.15, 0.2) is 0 Å². The molecular weight excluding hydrogens is 352 g/mol. The molecular formula is C18H30N4O3S. The molecule has 2 fully saturated rings. The minimum absolute atomic E-state index is 0.00789. The zero-order valence-electron chi connectivity index (χ0n) is 16.2. The van der Waals surface area contributed by atoms with Crippen molar-refractivity contribution in [2.24, 2.45) is 0 Å². The predicted molar refractivity (Wildman–Crippen MR) is 99.4 cm³/mol. The van der Waals surface area contributed by atoms with E-state index in [9.17, 15) is 13.2 Å². The smallest absolute Gasteiger partial charge is 0.246 e. The van der Waals surface area contributed by atoms with Crippen LogP contribution in [0, 0.1) is 0 Å². The van der Waals surface area contributed by atoms with Gasteiger partial charge in [-0.15, -0.1) is 0 Å². The van der Waals surface area contributed by atoms with E-state index in [1.54, 1.807) is 11.1 Å². The van der Waals surface area contributed by atoms with E-state index in [-0.39, 0.29) is 11.3 Å². The van der Waals surface area contributed by atoms with Crippen molar-refractivity contribution in [3.63, 3.8) is 0 Å². The van der Waals surface area contributed by atoms with Crippen molar-refractivity contribution in [1.29, 1.82) is 0 Å². The fourth-order valence-corrected chi connectivity index (χ4v) is 5.58. The van der Waals surface area contributed by atoms with Crippen LogP contribution in [0.15, 0.2) is 11.1 Å². The number of nitrogens with zero attached hydrogens (tertiary/aromatic N) is 4. The molecule has 0 atom stereocenters. The van der Waals surface area contributed by atoms with Gasteiger partial charge in [0, 0.05) is 44.7 Å². The number of hydrogen-bond donors (Lipinski definition) is 0. The van der Waals surface area contributed by atoms with Gasteiger partial charge in [0.1, 0.15) is 4.90 Å². The van der Waals surface area contributed by atoms with Gasteiger partial charge in [0.2, 0.25) is 15.9 Å². The summed E-state index contributed by atoms with van der Waals surface area (Å²) in [7, 11) is -3.62. The van der Waals surface area contributed by atoms with E-state index in [2.05, 4.69) is 0 Å². The van der Waals surface area contributed by atoms with Gasteiger partial charge in [-0.05, 0) is 12.8 Å². The van der Waals surface area contributed by atoms with Crippen LogP contribution in [0.3, 0.4) is 0 Å². The van der Waals surface area contributed by atoms with Gasteiger partial charge < -0.3 is 4.90 Å². The van der Waals surface area contributed by atoms with Gasteiger partial charge in [-0.1, -0.05) is 33.6 Å². The molecule has 0 N–H and O–H groups in total. The van der Waals surface area contributed by atoms with E-state index < -0.39 is 10.0 Å². The highest BCUT2D eigenvalue weighted by Gasteiger charge is 2.36. The molecule has 0 unspecified atom stereocenters. The monoisotopic (exact) mass is 382 g/mol. The van der Waals surface area contributed by atoms with Gasteiger partial charge in [0.25, 0.3) is 0 Å². The number of aromatic nitrogens is 2. The molecule has 0 bridgehead atoms. The van der Waals surface area contributed by atoms with E-state index in [0.717, 1.165) is 12.8 Å². The highest BCUT2D eigenvalue weighted by atomic mass is 32.2. The molecule has 7 nitrogen and oxygen atoms in total. The van der Waals surface area contributed by atoms with E-state index in [1.165, 1.54) is 24.1 Å². The molecule has 1 amide bonds. The van der Waals surface area contributed by atoms with Crippen LogP contribution in [0.4, 0.5) is 0 Å². The number of rotatable bonds is 3. The van der Waals surface area contributed by atoms with Crippen LogP contribution in [-0.2, 0) is 20.2 Å². The second kappa shape index (κ2) is 6.96. The number of carbonyl (C=O) groups excluding carboxylic acids is 1. The zero-order chi connectivity index (χ0) is 19.1. The largest absolute Gasteiger partial charge is 0.340 e. The lowest BCUT2D eigenvalue weighted by Crippen LogP contribution is -2.50. The van der Waals surface area contributed by atoms with Gasteiger partial charge in [-0.25, -0.2) is 8.42 Å². The highest BCUT2D eigenvalue weighted by Crippen LogP contribution is 2.34. The van der Waals surface area contributed by atoms with E-state index in [4.69, 9.17) is 5.10 Å². The maximum Gasteiger partial charge on any atom is 0.246 e. The summed E-state index contributed by atoms with van der Waals surface area (Å²) >= 11 is 0.